The van der Waals surface area contributed by atoms with E-state index in [0.29, 0.717) is 5.15 Å². The predicted molar refractivity (Wildman–Crippen MR) is 62.0 cm³/mol. The number of nitrogens with zero attached hydrogens (tertiary/aromatic N) is 2. The Morgan fingerprint density at radius 2 is 2.27 bits per heavy atom. The van der Waals surface area contributed by atoms with Crippen LogP contribution < -0.4 is 5.32 Å². The average molecular weight is 226 g/mol. The van der Waals surface area contributed by atoms with Gasteiger partial charge in [0.2, 0.25) is 0 Å². The number of hydrogen-bond donors (Lipinski definition) is 1. The summed E-state index contributed by atoms with van der Waals surface area (Å²) in [5.41, 5.74) is 0. The van der Waals surface area contributed by atoms with E-state index in [1.807, 2.05) is 6.07 Å². The van der Waals surface area contributed by atoms with Gasteiger partial charge in [-0.05, 0) is 36.8 Å². The van der Waals surface area contributed by atoms with Crippen LogP contribution in [0.15, 0.2) is 12.1 Å². The molecule has 1 aromatic heterocycles. The van der Waals surface area contributed by atoms with Crippen LogP contribution in [0.25, 0.3) is 0 Å². The molecule has 4 heteroatoms. The lowest BCUT2D eigenvalue weighted by atomic mass is 10.1. The van der Waals surface area contributed by atoms with E-state index in [2.05, 4.69) is 22.4 Å². The summed E-state index contributed by atoms with van der Waals surface area (Å²) in [6.07, 6.45) is 4.02. The third-order valence-electron chi connectivity index (χ3n) is 3.01. The molecular formula is C11H16ClN3. The topological polar surface area (TPSA) is 37.8 Å². The van der Waals surface area contributed by atoms with Gasteiger partial charge in [0.15, 0.2) is 5.15 Å². The quantitative estimate of drug-likeness (QED) is 0.860. The zero-order chi connectivity index (χ0) is 10.7. The van der Waals surface area contributed by atoms with Crippen LogP contribution in [0.3, 0.4) is 0 Å². The largest absolute Gasteiger partial charge is 0.368 e. The van der Waals surface area contributed by atoms with E-state index >= 15 is 0 Å². The van der Waals surface area contributed by atoms with Gasteiger partial charge in [-0.3, -0.25) is 0 Å². The van der Waals surface area contributed by atoms with Crippen LogP contribution in [0, 0.1) is 11.8 Å². The Kier molecular flexibility index (Phi) is 3.41. The molecule has 1 saturated carbocycles. The van der Waals surface area contributed by atoms with E-state index in [1.165, 1.54) is 19.3 Å². The second-order valence-corrected chi connectivity index (χ2v) is 4.79. The molecule has 0 bridgehead atoms. The number of hydrogen-bond acceptors (Lipinski definition) is 3. The lowest BCUT2D eigenvalue weighted by Gasteiger charge is -2.10. The van der Waals surface area contributed by atoms with Crippen molar-refractivity contribution >= 4 is 17.4 Å². The normalized spacial score (nSPS) is 25.5. The van der Waals surface area contributed by atoms with Crippen molar-refractivity contribution in [3.05, 3.63) is 17.3 Å². The van der Waals surface area contributed by atoms with Crippen molar-refractivity contribution < 1.29 is 0 Å². The third kappa shape index (κ3) is 3.06. The first kappa shape index (κ1) is 10.7. The SMILES string of the molecule is CC1CCC(CNc2ccc(Cl)nn2)C1. The van der Waals surface area contributed by atoms with Crippen LogP contribution in [0.5, 0.6) is 0 Å². The summed E-state index contributed by atoms with van der Waals surface area (Å²) in [6, 6.07) is 3.63. The Morgan fingerprint density at radius 1 is 1.40 bits per heavy atom. The maximum Gasteiger partial charge on any atom is 0.151 e. The minimum atomic E-state index is 0.440. The van der Waals surface area contributed by atoms with Crippen molar-refractivity contribution in [2.45, 2.75) is 26.2 Å². The number of nitrogens with one attached hydrogen (secondary N) is 1. The van der Waals surface area contributed by atoms with E-state index < -0.39 is 0 Å². The van der Waals surface area contributed by atoms with Crippen LogP contribution in [0.2, 0.25) is 5.15 Å². The molecule has 15 heavy (non-hydrogen) atoms. The van der Waals surface area contributed by atoms with Gasteiger partial charge < -0.3 is 5.32 Å². The van der Waals surface area contributed by atoms with Crippen molar-refractivity contribution in [3.63, 3.8) is 0 Å². The summed E-state index contributed by atoms with van der Waals surface area (Å²) in [4.78, 5) is 0. The van der Waals surface area contributed by atoms with Crippen LogP contribution in [-0.2, 0) is 0 Å². The highest BCUT2D eigenvalue weighted by atomic mass is 35.5. The number of rotatable bonds is 3. The maximum absolute atomic E-state index is 5.66. The van der Waals surface area contributed by atoms with Gasteiger partial charge >= 0.3 is 0 Å². The van der Waals surface area contributed by atoms with E-state index in [9.17, 15) is 0 Å². The lowest BCUT2D eigenvalue weighted by Crippen LogP contribution is -2.12. The number of aromatic nitrogens is 2. The zero-order valence-corrected chi connectivity index (χ0v) is 9.67. The highest BCUT2D eigenvalue weighted by Gasteiger charge is 2.20. The van der Waals surface area contributed by atoms with Crippen LogP contribution >= 0.6 is 11.6 Å². The molecule has 0 spiro atoms. The molecule has 3 nitrogen and oxygen atoms in total. The summed E-state index contributed by atoms with van der Waals surface area (Å²) in [6.45, 7) is 3.32. The smallest absolute Gasteiger partial charge is 0.151 e. The Morgan fingerprint density at radius 3 is 2.87 bits per heavy atom. The molecule has 0 amide bonds. The van der Waals surface area contributed by atoms with Crippen LogP contribution in [0.1, 0.15) is 26.2 Å². The first-order valence-electron chi connectivity index (χ1n) is 5.47. The summed E-state index contributed by atoms with van der Waals surface area (Å²) in [7, 11) is 0. The molecule has 0 saturated heterocycles. The molecule has 1 aromatic rings. The monoisotopic (exact) mass is 225 g/mol. The maximum atomic E-state index is 5.66. The fraction of sp³-hybridized carbons (Fsp3) is 0.636. The van der Waals surface area contributed by atoms with Crippen molar-refractivity contribution in [2.24, 2.45) is 11.8 Å². The van der Waals surface area contributed by atoms with Gasteiger partial charge in [0.05, 0.1) is 0 Å². The van der Waals surface area contributed by atoms with E-state index in [1.54, 1.807) is 6.07 Å². The fourth-order valence-electron chi connectivity index (χ4n) is 2.17. The van der Waals surface area contributed by atoms with E-state index in [4.69, 9.17) is 11.6 Å². The summed E-state index contributed by atoms with van der Waals surface area (Å²) >= 11 is 5.66. The predicted octanol–water partition coefficient (Wildman–Crippen LogP) is 2.98. The third-order valence-corrected chi connectivity index (χ3v) is 3.21. The molecule has 2 unspecified atom stereocenters. The zero-order valence-electron chi connectivity index (χ0n) is 8.91. The highest BCUT2D eigenvalue weighted by molar-refractivity contribution is 6.29. The number of halogens is 1. The van der Waals surface area contributed by atoms with Crippen molar-refractivity contribution in [1.29, 1.82) is 0 Å². The molecule has 1 aliphatic carbocycles. The van der Waals surface area contributed by atoms with Gasteiger partial charge in [-0.25, -0.2) is 0 Å². The van der Waals surface area contributed by atoms with Gasteiger partial charge in [-0.15, -0.1) is 10.2 Å². The van der Waals surface area contributed by atoms with Gasteiger partial charge in [0, 0.05) is 6.54 Å². The standard InChI is InChI=1S/C11H16ClN3/c1-8-2-3-9(6-8)7-13-11-5-4-10(12)14-15-11/h4-5,8-9H,2-3,6-7H2,1H3,(H,13,15). The molecule has 82 valence electrons. The number of anilines is 1. The van der Waals surface area contributed by atoms with Crippen molar-refractivity contribution in [2.75, 3.05) is 11.9 Å². The van der Waals surface area contributed by atoms with Crippen molar-refractivity contribution in [1.82, 2.24) is 10.2 Å². The van der Waals surface area contributed by atoms with Gasteiger partial charge in [-0.2, -0.15) is 0 Å². The molecule has 0 radical (unpaired) electrons. The Balaban J connectivity index is 1.80. The van der Waals surface area contributed by atoms with Gasteiger partial charge in [-0.1, -0.05) is 24.9 Å². The minimum Gasteiger partial charge on any atom is -0.368 e. The Hall–Kier alpha value is -0.830. The molecule has 2 atom stereocenters. The van der Waals surface area contributed by atoms with E-state index in [-0.39, 0.29) is 0 Å². The van der Waals surface area contributed by atoms with Gasteiger partial charge in [0.25, 0.3) is 0 Å². The molecule has 2 rings (SSSR count). The van der Waals surface area contributed by atoms with Gasteiger partial charge in [0.1, 0.15) is 5.82 Å². The second kappa shape index (κ2) is 4.79. The first-order valence-corrected chi connectivity index (χ1v) is 5.85. The summed E-state index contributed by atoms with van der Waals surface area (Å²) in [5, 5.41) is 11.5. The molecule has 1 aliphatic rings. The summed E-state index contributed by atoms with van der Waals surface area (Å²) in [5.74, 6) is 2.49. The lowest BCUT2D eigenvalue weighted by molar-refractivity contribution is 0.536. The highest BCUT2D eigenvalue weighted by Crippen LogP contribution is 2.30. The van der Waals surface area contributed by atoms with Crippen LogP contribution in [-0.4, -0.2) is 16.7 Å². The van der Waals surface area contributed by atoms with Crippen LogP contribution in [0.4, 0.5) is 5.82 Å². The molecular weight excluding hydrogens is 210 g/mol. The summed E-state index contributed by atoms with van der Waals surface area (Å²) < 4.78 is 0. The fourth-order valence-corrected chi connectivity index (χ4v) is 2.27. The minimum absolute atomic E-state index is 0.440. The molecule has 1 N–H and O–H groups in total. The van der Waals surface area contributed by atoms with Crippen molar-refractivity contribution in [3.8, 4) is 0 Å². The molecule has 0 aromatic carbocycles. The Bertz CT molecular complexity index is 312. The second-order valence-electron chi connectivity index (χ2n) is 4.41. The Labute approximate surface area is 95.2 Å². The molecule has 1 heterocycles. The van der Waals surface area contributed by atoms with E-state index in [0.717, 1.165) is 24.2 Å². The molecule has 1 fully saturated rings. The molecule has 0 aliphatic heterocycles. The average Bonchev–Trinajstić information content (AvgIpc) is 2.64. The first-order chi connectivity index (χ1) is 7.24.